The van der Waals surface area contributed by atoms with Crippen LogP contribution >= 0.6 is 11.6 Å². The van der Waals surface area contributed by atoms with E-state index in [2.05, 4.69) is 17.0 Å². The fraction of sp³-hybridized carbons (Fsp3) is 0.455. The Hall–Kier alpha value is -0.570. The molecule has 0 aromatic heterocycles. The molecule has 1 aliphatic rings. The molecule has 0 bridgehead atoms. The molecule has 0 amide bonds. The Morgan fingerprint density at radius 3 is 2.43 bits per heavy atom. The zero-order valence-corrected chi connectivity index (χ0v) is 8.78. The maximum absolute atomic E-state index is 6.36. The van der Waals surface area contributed by atoms with Gasteiger partial charge in [-0.15, -0.1) is 11.6 Å². The van der Waals surface area contributed by atoms with Gasteiger partial charge in [-0.25, -0.2) is 0 Å². The molecule has 0 N–H and O–H groups in total. The average Bonchev–Trinajstić information content (AvgIpc) is 2.30. The SMILES string of the molecule is ClC(c1ccccc1)N1CCOCC1. The lowest BCUT2D eigenvalue weighted by Crippen LogP contribution is -2.37. The topological polar surface area (TPSA) is 12.5 Å². The molecule has 3 heteroatoms. The first-order valence-corrected chi connectivity index (χ1v) is 5.32. The Labute approximate surface area is 89.4 Å². The van der Waals surface area contributed by atoms with Crippen LogP contribution in [0.4, 0.5) is 0 Å². The summed E-state index contributed by atoms with van der Waals surface area (Å²) in [7, 11) is 0. The number of hydrogen-bond donors (Lipinski definition) is 0. The summed E-state index contributed by atoms with van der Waals surface area (Å²) < 4.78 is 5.29. The molecule has 0 spiro atoms. The number of nitrogens with zero attached hydrogens (tertiary/aromatic N) is 1. The van der Waals surface area contributed by atoms with Crippen molar-refractivity contribution in [1.82, 2.24) is 4.90 Å². The third kappa shape index (κ3) is 2.27. The van der Waals surface area contributed by atoms with Crippen molar-refractivity contribution in [3.63, 3.8) is 0 Å². The second-order valence-corrected chi connectivity index (χ2v) is 3.81. The van der Waals surface area contributed by atoms with E-state index in [9.17, 15) is 0 Å². The van der Waals surface area contributed by atoms with Crippen molar-refractivity contribution in [2.45, 2.75) is 5.50 Å². The molecule has 76 valence electrons. The fourth-order valence-electron chi connectivity index (χ4n) is 1.63. The number of hydrogen-bond acceptors (Lipinski definition) is 2. The van der Waals surface area contributed by atoms with Crippen molar-refractivity contribution >= 4 is 11.6 Å². The number of morpholine rings is 1. The van der Waals surface area contributed by atoms with Crippen LogP contribution in [-0.4, -0.2) is 31.2 Å². The van der Waals surface area contributed by atoms with Crippen LogP contribution in [0.15, 0.2) is 30.3 Å². The van der Waals surface area contributed by atoms with Gasteiger partial charge < -0.3 is 4.74 Å². The minimum Gasteiger partial charge on any atom is -0.379 e. The van der Waals surface area contributed by atoms with E-state index in [1.54, 1.807) is 0 Å². The van der Waals surface area contributed by atoms with Crippen LogP contribution in [0.3, 0.4) is 0 Å². The van der Waals surface area contributed by atoms with Gasteiger partial charge in [-0.1, -0.05) is 30.3 Å². The first kappa shape index (κ1) is 9.97. The zero-order valence-electron chi connectivity index (χ0n) is 8.03. The summed E-state index contributed by atoms with van der Waals surface area (Å²) in [6.45, 7) is 3.41. The van der Waals surface area contributed by atoms with Gasteiger partial charge in [-0.05, 0) is 5.56 Å². The van der Waals surface area contributed by atoms with Crippen molar-refractivity contribution in [1.29, 1.82) is 0 Å². The van der Waals surface area contributed by atoms with Gasteiger partial charge in [0.25, 0.3) is 0 Å². The monoisotopic (exact) mass is 211 g/mol. The third-order valence-electron chi connectivity index (χ3n) is 2.44. The second-order valence-electron chi connectivity index (χ2n) is 3.39. The molecular formula is C11H14ClNO. The lowest BCUT2D eigenvalue weighted by atomic mass is 10.2. The summed E-state index contributed by atoms with van der Waals surface area (Å²) in [6, 6.07) is 10.2. The Kier molecular flexibility index (Phi) is 3.40. The normalized spacial score (nSPS) is 20.6. The van der Waals surface area contributed by atoms with E-state index in [1.807, 2.05) is 18.2 Å². The number of alkyl halides is 1. The maximum Gasteiger partial charge on any atom is 0.111 e. The Morgan fingerprint density at radius 1 is 1.14 bits per heavy atom. The molecule has 14 heavy (non-hydrogen) atoms. The molecule has 1 saturated heterocycles. The van der Waals surface area contributed by atoms with Crippen molar-refractivity contribution in [3.8, 4) is 0 Å². The van der Waals surface area contributed by atoms with E-state index in [0.29, 0.717) is 0 Å². The van der Waals surface area contributed by atoms with Gasteiger partial charge in [0, 0.05) is 13.1 Å². The van der Waals surface area contributed by atoms with Gasteiger partial charge in [-0.2, -0.15) is 0 Å². The third-order valence-corrected chi connectivity index (χ3v) is 2.97. The van der Waals surface area contributed by atoms with Gasteiger partial charge in [0.15, 0.2) is 0 Å². The lowest BCUT2D eigenvalue weighted by Gasteiger charge is -2.30. The van der Waals surface area contributed by atoms with Crippen LogP contribution < -0.4 is 0 Å². The first-order valence-electron chi connectivity index (χ1n) is 4.89. The van der Waals surface area contributed by atoms with E-state index in [4.69, 9.17) is 16.3 Å². The van der Waals surface area contributed by atoms with Crippen LogP contribution in [0.1, 0.15) is 11.1 Å². The molecule has 2 rings (SSSR count). The second kappa shape index (κ2) is 4.78. The van der Waals surface area contributed by atoms with Crippen molar-refractivity contribution in [2.24, 2.45) is 0 Å². The highest BCUT2D eigenvalue weighted by molar-refractivity contribution is 6.20. The summed E-state index contributed by atoms with van der Waals surface area (Å²) in [5.74, 6) is 0. The molecule has 1 unspecified atom stereocenters. The predicted octanol–water partition coefficient (Wildman–Crippen LogP) is 2.26. The summed E-state index contributed by atoms with van der Waals surface area (Å²) in [6.07, 6.45) is 0. The standard InChI is InChI=1S/C11H14ClNO/c12-11(10-4-2-1-3-5-10)13-6-8-14-9-7-13/h1-5,11H,6-9H2. The Morgan fingerprint density at radius 2 is 1.79 bits per heavy atom. The first-order chi connectivity index (χ1) is 6.88. The molecule has 1 atom stereocenters. The van der Waals surface area contributed by atoms with Crippen LogP contribution in [0.2, 0.25) is 0 Å². The number of ether oxygens (including phenoxy) is 1. The molecule has 1 aromatic carbocycles. The molecule has 2 nitrogen and oxygen atoms in total. The number of halogens is 1. The molecule has 0 saturated carbocycles. The quantitative estimate of drug-likeness (QED) is 0.550. The van der Waals surface area contributed by atoms with E-state index in [-0.39, 0.29) is 5.50 Å². The summed E-state index contributed by atoms with van der Waals surface area (Å²) in [5.41, 5.74) is 1.15. The molecule has 1 fully saturated rings. The molecule has 1 heterocycles. The predicted molar refractivity (Wildman–Crippen MR) is 57.4 cm³/mol. The molecule has 1 aliphatic heterocycles. The highest BCUT2D eigenvalue weighted by Gasteiger charge is 2.19. The van der Waals surface area contributed by atoms with Crippen LogP contribution in [0, 0.1) is 0 Å². The van der Waals surface area contributed by atoms with E-state index < -0.39 is 0 Å². The molecule has 0 aliphatic carbocycles. The lowest BCUT2D eigenvalue weighted by molar-refractivity contribution is 0.0311. The van der Waals surface area contributed by atoms with Crippen molar-refractivity contribution in [3.05, 3.63) is 35.9 Å². The van der Waals surface area contributed by atoms with Crippen molar-refractivity contribution in [2.75, 3.05) is 26.3 Å². The van der Waals surface area contributed by atoms with E-state index in [0.717, 1.165) is 31.9 Å². The zero-order chi connectivity index (χ0) is 9.80. The van der Waals surface area contributed by atoms with Gasteiger partial charge in [0.05, 0.1) is 13.2 Å². The minimum absolute atomic E-state index is 0.0138. The fourth-order valence-corrected chi connectivity index (χ4v) is 1.97. The molecule has 0 radical (unpaired) electrons. The average molecular weight is 212 g/mol. The van der Waals surface area contributed by atoms with Gasteiger partial charge >= 0.3 is 0 Å². The number of rotatable bonds is 2. The van der Waals surface area contributed by atoms with Crippen LogP contribution in [0.5, 0.6) is 0 Å². The van der Waals surface area contributed by atoms with Crippen LogP contribution in [0.25, 0.3) is 0 Å². The van der Waals surface area contributed by atoms with E-state index in [1.165, 1.54) is 0 Å². The number of benzene rings is 1. The Bertz CT molecular complexity index is 272. The molecular weight excluding hydrogens is 198 g/mol. The maximum atomic E-state index is 6.36. The van der Waals surface area contributed by atoms with Gasteiger partial charge in [0.1, 0.15) is 5.50 Å². The van der Waals surface area contributed by atoms with Gasteiger partial charge in [0.2, 0.25) is 0 Å². The minimum atomic E-state index is -0.0138. The van der Waals surface area contributed by atoms with Gasteiger partial charge in [-0.3, -0.25) is 4.90 Å². The summed E-state index contributed by atoms with van der Waals surface area (Å²) in [5, 5.41) is 0. The highest BCUT2D eigenvalue weighted by atomic mass is 35.5. The summed E-state index contributed by atoms with van der Waals surface area (Å²) in [4.78, 5) is 2.24. The van der Waals surface area contributed by atoms with Crippen molar-refractivity contribution < 1.29 is 4.74 Å². The smallest absolute Gasteiger partial charge is 0.111 e. The van der Waals surface area contributed by atoms with Crippen LogP contribution in [-0.2, 0) is 4.74 Å². The van der Waals surface area contributed by atoms with E-state index >= 15 is 0 Å². The Balaban J connectivity index is 2.03. The summed E-state index contributed by atoms with van der Waals surface area (Å²) >= 11 is 6.36. The highest BCUT2D eigenvalue weighted by Crippen LogP contribution is 2.25. The largest absolute Gasteiger partial charge is 0.379 e. The molecule has 1 aromatic rings.